The molecular weight excluding hydrogens is 282 g/mol. The lowest BCUT2D eigenvalue weighted by atomic mass is 10.2. The summed E-state index contributed by atoms with van der Waals surface area (Å²) < 4.78 is 5.09. The Morgan fingerprint density at radius 3 is 2.59 bits per heavy atom. The number of ether oxygens (including phenoxy) is 1. The second-order valence-electron chi connectivity index (χ2n) is 4.95. The van der Waals surface area contributed by atoms with Crippen molar-refractivity contribution in [3.05, 3.63) is 53.6 Å². The van der Waals surface area contributed by atoms with Crippen molar-refractivity contribution in [2.24, 2.45) is 0 Å². The molecule has 1 N–H and O–H groups in total. The Bertz CT molecular complexity index is 683. The van der Waals surface area contributed by atoms with Crippen molar-refractivity contribution >= 4 is 17.6 Å². The average Bonchev–Trinajstić information content (AvgIpc) is 2.47. The van der Waals surface area contributed by atoms with Gasteiger partial charge in [-0.1, -0.05) is 12.1 Å². The molecule has 1 aromatic carbocycles. The molecule has 22 heavy (non-hydrogen) atoms. The van der Waals surface area contributed by atoms with Gasteiger partial charge in [-0.15, -0.1) is 0 Å². The van der Waals surface area contributed by atoms with Gasteiger partial charge in [-0.3, -0.25) is 9.78 Å². The van der Waals surface area contributed by atoms with Crippen molar-refractivity contribution in [1.82, 2.24) is 9.97 Å². The molecule has 0 fully saturated rings. The molecule has 0 spiro atoms. The average molecular weight is 299 g/mol. The molecule has 0 saturated carbocycles. The smallest absolute Gasteiger partial charge is 0.359 e. The molecule has 1 heterocycles. The Morgan fingerprint density at radius 1 is 1.18 bits per heavy atom. The molecule has 1 atom stereocenters. The molecule has 6 nitrogen and oxygen atoms in total. The number of aryl methyl sites for hydroxylation is 2. The van der Waals surface area contributed by atoms with Gasteiger partial charge in [0.2, 0.25) is 0 Å². The summed E-state index contributed by atoms with van der Waals surface area (Å²) in [5.74, 6) is -1.08. The Kier molecular flexibility index (Phi) is 4.83. The van der Waals surface area contributed by atoms with Crippen molar-refractivity contribution in [1.29, 1.82) is 0 Å². The maximum Gasteiger partial charge on any atom is 0.359 e. The highest BCUT2D eigenvalue weighted by Crippen LogP contribution is 2.11. The van der Waals surface area contributed by atoms with Crippen LogP contribution in [0, 0.1) is 13.8 Å². The van der Waals surface area contributed by atoms with E-state index in [2.05, 4.69) is 15.3 Å². The van der Waals surface area contributed by atoms with Gasteiger partial charge in [0.25, 0.3) is 5.91 Å². The predicted octanol–water partition coefficient (Wildman–Crippen LogP) is 2.28. The van der Waals surface area contributed by atoms with Crippen LogP contribution in [0.15, 0.2) is 36.7 Å². The number of benzene rings is 1. The summed E-state index contributed by atoms with van der Waals surface area (Å²) in [6.07, 6.45) is 1.85. The fourth-order valence-electron chi connectivity index (χ4n) is 1.74. The Hall–Kier alpha value is -2.76. The van der Waals surface area contributed by atoms with Crippen molar-refractivity contribution in [2.75, 3.05) is 5.32 Å². The Balaban J connectivity index is 1.96. The van der Waals surface area contributed by atoms with Gasteiger partial charge in [-0.2, -0.15) is 0 Å². The monoisotopic (exact) mass is 299 g/mol. The first kappa shape index (κ1) is 15.6. The van der Waals surface area contributed by atoms with E-state index >= 15 is 0 Å². The van der Waals surface area contributed by atoms with Crippen molar-refractivity contribution < 1.29 is 14.3 Å². The molecule has 1 aromatic heterocycles. The Morgan fingerprint density at radius 2 is 1.95 bits per heavy atom. The highest BCUT2D eigenvalue weighted by atomic mass is 16.5. The minimum absolute atomic E-state index is 0.0702. The van der Waals surface area contributed by atoms with Gasteiger partial charge in [0.15, 0.2) is 11.8 Å². The fourth-order valence-corrected chi connectivity index (χ4v) is 1.74. The maximum absolute atomic E-state index is 12.0. The van der Waals surface area contributed by atoms with Gasteiger partial charge in [0, 0.05) is 11.9 Å². The number of esters is 1. The first-order valence-electron chi connectivity index (χ1n) is 6.83. The molecule has 0 aliphatic heterocycles. The van der Waals surface area contributed by atoms with E-state index in [9.17, 15) is 9.59 Å². The third kappa shape index (κ3) is 4.12. The van der Waals surface area contributed by atoms with E-state index in [1.165, 1.54) is 19.3 Å². The zero-order chi connectivity index (χ0) is 16.1. The highest BCUT2D eigenvalue weighted by molar-refractivity contribution is 5.96. The molecule has 0 bridgehead atoms. The lowest BCUT2D eigenvalue weighted by Crippen LogP contribution is -2.30. The summed E-state index contributed by atoms with van der Waals surface area (Å²) in [4.78, 5) is 31.8. The van der Waals surface area contributed by atoms with Crippen molar-refractivity contribution in [3.8, 4) is 0 Å². The number of nitrogens with one attached hydrogen (secondary N) is 1. The molecule has 0 aliphatic carbocycles. The standard InChI is InChI=1S/C16H17N3O3/c1-10-5-4-6-13(7-10)19-15(20)12(3)22-16(21)14-9-17-11(2)8-18-14/h4-9,12H,1-3H3,(H,19,20)/t12-/m0/s1. The van der Waals surface area contributed by atoms with E-state index in [1.54, 1.807) is 13.0 Å². The van der Waals surface area contributed by atoms with Gasteiger partial charge >= 0.3 is 5.97 Å². The number of carbonyl (C=O) groups is 2. The quantitative estimate of drug-likeness (QED) is 0.876. The van der Waals surface area contributed by atoms with Gasteiger partial charge in [-0.05, 0) is 38.5 Å². The third-order valence-electron chi connectivity index (χ3n) is 2.93. The number of aromatic nitrogens is 2. The summed E-state index contributed by atoms with van der Waals surface area (Å²) in [6, 6.07) is 7.36. The highest BCUT2D eigenvalue weighted by Gasteiger charge is 2.20. The van der Waals surface area contributed by atoms with Gasteiger partial charge in [0.1, 0.15) is 0 Å². The molecular formula is C16H17N3O3. The summed E-state index contributed by atoms with van der Waals surface area (Å²) in [7, 11) is 0. The van der Waals surface area contributed by atoms with Crippen LogP contribution in [0.3, 0.4) is 0 Å². The van der Waals surface area contributed by atoms with E-state index in [1.807, 2.05) is 25.1 Å². The second-order valence-corrected chi connectivity index (χ2v) is 4.95. The second kappa shape index (κ2) is 6.80. The SMILES string of the molecule is Cc1cccc(NC(=O)[C@H](C)OC(=O)c2cnc(C)cn2)c1. The number of rotatable bonds is 4. The molecule has 6 heteroatoms. The lowest BCUT2D eigenvalue weighted by Gasteiger charge is -2.13. The number of amides is 1. The third-order valence-corrected chi connectivity index (χ3v) is 2.93. The van der Waals surface area contributed by atoms with Crippen LogP contribution < -0.4 is 5.32 Å². The first-order valence-corrected chi connectivity index (χ1v) is 6.83. The number of hydrogen-bond donors (Lipinski definition) is 1. The van der Waals surface area contributed by atoms with Crippen molar-refractivity contribution in [2.45, 2.75) is 26.9 Å². The molecule has 0 saturated heterocycles. The van der Waals surface area contributed by atoms with Gasteiger partial charge < -0.3 is 10.1 Å². The zero-order valence-electron chi connectivity index (χ0n) is 12.7. The van der Waals surface area contributed by atoms with E-state index in [0.29, 0.717) is 11.4 Å². The minimum Gasteiger partial charge on any atom is -0.448 e. The Labute approximate surface area is 128 Å². The molecule has 0 aliphatic rings. The summed E-state index contributed by atoms with van der Waals surface area (Å²) in [5, 5.41) is 2.70. The van der Waals surface area contributed by atoms with Crippen LogP contribution in [0.4, 0.5) is 5.69 Å². The van der Waals surface area contributed by atoms with E-state index in [0.717, 1.165) is 5.56 Å². The topological polar surface area (TPSA) is 81.2 Å². The molecule has 2 aromatic rings. The summed E-state index contributed by atoms with van der Waals surface area (Å²) in [5.41, 5.74) is 2.45. The van der Waals surface area contributed by atoms with E-state index in [-0.39, 0.29) is 5.69 Å². The van der Waals surface area contributed by atoms with Crippen LogP contribution in [0.2, 0.25) is 0 Å². The molecule has 114 valence electrons. The van der Waals surface area contributed by atoms with Crippen molar-refractivity contribution in [3.63, 3.8) is 0 Å². The first-order chi connectivity index (χ1) is 10.5. The predicted molar refractivity (Wildman–Crippen MR) is 81.5 cm³/mol. The van der Waals surface area contributed by atoms with E-state index in [4.69, 9.17) is 4.74 Å². The lowest BCUT2D eigenvalue weighted by molar-refractivity contribution is -0.123. The maximum atomic E-state index is 12.0. The van der Waals surface area contributed by atoms with Crippen LogP contribution in [-0.2, 0) is 9.53 Å². The molecule has 0 radical (unpaired) electrons. The zero-order valence-corrected chi connectivity index (χ0v) is 12.7. The van der Waals surface area contributed by atoms with Crippen LogP contribution in [-0.4, -0.2) is 27.9 Å². The largest absolute Gasteiger partial charge is 0.448 e. The summed E-state index contributed by atoms with van der Waals surface area (Å²) >= 11 is 0. The normalized spacial score (nSPS) is 11.6. The van der Waals surface area contributed by atoms with Crippen LogP contribution >= 0.6 is 0 Å². The van der Waals surface area contributed by atoms with Gasteiger partial charge in [-0.25, -0.2) is 9.78 Å². The van der Waals surface area contributed by atoms with E-state index < -0.39 is 18.0 Å². The summed E-state index contributed by atoms with van der Waals surface area (Å²) in [6.45, 7) is 5.19. The number of hydrogen-bond acceptors (Lipinski definition) is 5. The molecule has 0 unspecified atom stereocenters. The van der Waals surface area contributed by atoms with Crippen LogP contribution in [0.5, 0.6) is 0 Å². The number of carbonyl (C=O) groups excluding carboxylic acids is 2. The number of anilines is 1. The minimum atomic E-state index is -0.934. The van der Waals surface area contributed by atoms with Crippen LogP contribution in [0.1, 0.15) is 28.7 Å². The fraction of sp³-hybridized carbons (Fsp3) is 0.250. The van der Waals surface area contributed by atoms with Crippen LogP contribution in [0.25, 0.3) is 0 Å². The molecule has 1 amide bonds. The number of nitrogens with zero attached hydrogens (tertiary/aromatic N) is 2. The van der Waals surface area contributed by atoms with Gasteiger partial charge in [0.05, 0.1) is 11.9 Å². The molecule has 2 rings (SSSR count).